The molecule has 0 bridgehead atoms. The van der Waals surface area contributed by atoms with E-state index in [2.05, 4.69) is 5.32 Å². The number of hydrogen-bond acceptors (Lipinski definition) is 2. The number of aromatic nitrogens is 1. The lowest BCUT2D eigenvalue weighted by Crippen LogP contribution is -2.30. The Hall–Kier alpha value is -2.10. The lowest BCUT2D eigenvalue weighted by molar-refractivity contribution is 0.0946. The van der Waals surface area contributed by atoms with Crippen molar-refractivity contribution in [2.24, 2.45) is 7.05 Å². The molecule has 1 amide bonds. The maximum atomic E-state index is 12.2. The first-order valence-electron chi connectivity index (χ1n) is 5.93. The third kappa shape index (κ3) is 2.01. The van der Waals surface area contributed by atoms with Crippen LogP contribution < -0.4 is 10.9 Å². The summed E-state index contributed by atoms with van der Waals surface area (Å²) < 4.78 is 1.40. The summed E-state index contributed by atoms with van der Waals surface area (Å²) in [6.45, 7) is 4.33. The molecule has 0 aliphatic rings. The van der Waals surface area contributed by atoms with Gasteiger partial charge in [-0.2, -0.15) is 0 Å². The Bertz CT molecular complexity index is 671. The average molecular weight is 244 g/mol. The minimum Gasteiger partial charge on any atom is -0.351 e. The summed E-state index contributed by atoms with van der Waals surface area (Å²) in [4.78, 5) is 24.1. The highest BCUT2D eigenvalue weighted by Crippen LogP contribution is 2.13. The van der Waals surface area contributed by atoms with Gasteiger partial charge in [-0.25, -0.2) is 0 Å². The quantitative estimate of drug-likeness (QED) is 0.872. The zero-order chi connectivity index (χ0) is 13.3. The molecule has 18 heavy (non-hydrogen) atoms. The Balaban J connectivity index is 2.72. The summed E-state index contributed by atoms with van der Waals surface area (Å²) in [5, 5.41) is 4.15. The van der Waals surface area contributed by atoms with Gasteiger partial charge < -0.3 is 9.88 Å². The zero-order valence-corrected chi connectivity index (χ0v) is 10.8. The predicted octanol–water partition coefficient (Wildman–Crippen LogP) is 1.60. The summed E-state index contributed by atoms with van der Waals surface area (Å²) in [5.41, 5.74) is 1.28. The predicted molar refractivity (Wildman–Crippen MR) is 71.9 cm³/mol. The van der Waals surface area contributed by atoms with Gasteiger partial charge in [0, 0.05) is 19.0 Å². The van der Waals surface area contributed by atoms with Crippen LogP contribution in [0.5, 0.6) is 0 Å². The number of fused-ring (bicyclic) bond motifs is 1. The monoisotopic (exact) mass is 244 g/mol. The summed E-state index contributed by atoms with van der Waals surface area (Å²) in [6, 6.07) is 7.40. The van der Waals surface area contributed by atoms with Gasteiger partial charge in [0.2, 0.25) is 0 Å². The number of pyridine rings is 1. The van der Waals surface area contributed by atoms with Crippen molar-refractivity contribution in [3.8, 4) is 0 Å². The van der Waals surface area contributed by atoms with Crippen molar-refractivity contribution in [2.45, 2.75) is 13.8 Å². The highest BCUT2D eigenvalue weighted by atomic mass is 16.2. The van der Waals surface area contributed by atoms with E-state index in [1.165, 1.54) is 4.57 Å². The lowest BCUT2D eigenvalue weighted by Gasteiger charge is -2.10. The van der Waals surface area contributed by atoms with E-state index in [0.29, 0.717) is 17.6 Å². The summed E-state index contributed by atoms with van der Waals surface area (Å²) in [6.07, 6.45) is 0. The van der Waals surface area contributed by atoms with E-state index in [9.17, 15) is 9.59 Å². The molecule has 94 valence electrons. The first-order valence-corrected chi connectivity index (χ1v) is 5.93. The number of nitrogens with zero attached hydrogens (tertiary/aromatic N) is 1. The maximum absolute atomic E-state index is 12.2. The van der Waals surface area contributed by atoms with Crippen LogP contribution in [0.25, 0.3) is 10.8 Å². The van der Waals surface area contributed by atoms with Gasteiger partial charge >= 0.3 is 0 Å². The van der Waals surface area contributed by atoms with Crippen molar-refractivity contribution in [3.05, 3.63) is 45.9 Å². The molecule has 0 unspecified atom stereocenters. The summed E-state index contributed by atoms with van der Waals surface area (Å²) in [5.74, 6) is -0.223. The molecule has 2 aromatic rings. The van der Waals surface area contributed by atoms with Crippen molar-refractivity contribution in [1.29, 1.82) is 0 Å². The molecule has 0 radical (unpaired) electrons. The fourth-order valence-corrected chi connectivity index (χ4v) is 1.98. The standard InChI is InChI=1S/C14H16N2O2/c1-4-15-13(17)12-8-10-6-5-9(2)7-11(10)14(18)16(12)3/h5-8H,4H2,1-3H3,(H,15,17). The molecule has 0 atom stereocenters. The fourth-order valence-electron chi connectivity index (χ4n) is 1.98. The highest BCUT2D eigenvalue weighted by molar-refractivity contribution is 5.96. The van der Waals surface area contributed by atoms with Gasteiger partial charge in [0.15, 0.2) is 0 Å². The summed E-state index contributed by atoms with van der Waals surface area (Å²) in [7, 11) is 1.62. The number of aryl methyl sites for hydroxylation is 1. The Morgan fingerprint density at radius 2 is 2.06 bits per heavy atom. The Kier molecular flexibility index (Phi) is 3.19. The molecule has 0 fully saturated rings. The molecular weight excluding hydrogens is 228 g/mol. The largest absolute Gasteiger partial charge is 0.351 e. The minimum atomic E-state index is -0.223. The number of carbonyl (C=O) groups excluding carboxylic acids is 1. The average Bonchev–Trinajstić information content (AvgIpc) is 2.34. The van der Waals surface area contributed by atoms with E-state index in [0.717, 1.165) is 10.9 Å². The molecule has 1 N–H and O–H groups in total. The molecule has 0 saturated carbocycles. The van der Waals surface area contributed by atoms with Crippen molar-refractivity contribution in [3.63, 3.8) is 0 Å². The van der Waals surface area contributed by atoms with Crippen LogP contribution in [0.3, 0.4) is 0 Å². The first kappa shape index (κ1) is 12.4. The van der Waals surface area contributed by atoms with Crippen molar-refractivity contribution < 1.29 is 4.79 Å². The number of amides is 1. The van der Waals surface area contributed by atoms with E-state index in [1.54, 1.807) is 13.1 Å². The molecule has 1 aromatic heterocycles. The Labute approximate surface area is 105 Å². The van der Waals surface area contributed by atoms with Crippen LogP contribution in [0.15, 0.2) is 29.1 Å². The molecule has 0 aliphatic heterocycles. The Morgan fingerprint density at radius 3 is 2.72 bits per heavy atom. The normalized spacial score (nSPS) is 10.6. The second-order valence-electron chi connectivity index (χ2n) is 4.34. The highest BCUT2D eigenvalue weighted by Gasteiger charge is 2.12. The molecule has 4 nitrogen and oxygen atoms in total. The lowest BCUT2D eigenvalue weighted by atomic mass is 10.1. The second kappa shape index (κ2) is 4.64. The van der Waals surface area contributed by atoms with Gasteiger partial charge in [-0.3, -0.25) is 9.59 Å². The van der Waals surface area contributed by atoms with Gasteiger partial charge in [-0.15, -0.1) is 0 Å². The maximum Gasteiger partial charge on any atom is 0.268 e. The SMILES string of the molecule is CCNC(=O)c1cc2ccc(C)cc2c(=O)n1C. The molecule has 4 heteroatoms. The molecular formula is C14H16N2O2. The van der Waals surface area contributed by atoms with E-state index in [4.69, 9.17) is 0 Å². The van der Waals surface area contributed by atoms with Crippen LogP contribution in [-0.4, -0.2) is 17.0 Å². The van der Waals surface area contributed by atoms with E-state index in [-0.39, 0.29) is 11.5 Å². The fraction of sp³-hybridized carbons (Fsp3) is 0.286. The molecule has 0 saturated heterocycles. The number of benzene rings is 1. The van der Waals surface area contributed by atoms with Crippen molar-refractivity contribution >= 4 is 16.7 Å². The molecule has 2 rings (SSSR count). The number of hydrogen-bond donors (Lipinski definition) is 1. The van der Waals surface area contributed by atoms with E-state index >= 15 is 0 Å². The number of nitrogens with one attached hydrogen (secondary N) is 1. The second-order valence-corrected chi connectivity index (χ2v) is 4.34. The smallest absolute Gasteiger partial charge is 0.268 e. The number of rotatable bonds is 2. The van der Waals surface area contributed by atoms with Crippen LogP contribution in [0.1, 0.15) is 23.0 Å². The van der Waals surface area contributed by atoms with Crippen molar-refractivity contribution in [2.75, 3.05) is 6.54 Å². The third-order valence-corrected chi connectivity index (χ3v) is 2.97. The molecule has 1 heterocycles. The molecule has 1 aromatic carbocycles. The van der Waals surface area contributed by atoms with E-state index in [1.807, 2.05) is 32.0 Å². The van der Waals surface area contributed by atoms with Gasteiger partial charge in [-0.05, 0) is 31.4 Å². The van der Waals surface area contributed by atoms with Gasteiger partial charge in [0.25, 0.3) is 11.5 Å². The van der Waals surface area contributed by atoms with Gasteiger partial charge in [-0.1, -0.05) is 17.7 Å². The summed E-state index contributed by atoms with van der Waals surface area (Å²) >= 11 is 0. The van der Waals surface area contributed by atoms with Crippen LogP contribution >= 0.6 is 0 Å². The zero-order valence-electron chi connectivity index (χ0n) is 10.8. The third-order valence-electron chi connectivity index (χ3n) is 2.97. The van der Waals surface area contributed by atoms with Crippen LogP contribution in [0.4, 0.5) is 0 Å². The van der Waals surface area contributed by atoms with Crippen LogP contribution in [0.2, 0.25) is 0 Å². The molecule has 0 spiro atoms. The van der Waals surface area contributed by atoms with Gasteiger partial charge in [0.1, 0.15) is 5.69 Å². The van der Waals surface area contributed by atoms with Crippen LogP contribution in [-0.2, 0) is 7.05 Å². The first-order chi connectivity index (χ1) is 8.54. The molecule has 0 aliphatic carbocycles. The number of carbonyl (C=O) groups is 1. The topological polar surface area (TPSA) is 51.1 Å². The van der Waals surface area contributed by atoms with Gasteiger partial charge in [0.05, 0.1) is 0 Å². The van der Waals surface area contributed by atoms with Crippen molar-refractivity contribution in [1.82, 2.24) is 9.88 Å². The Morgan fingerprint density at radius 1 is 1.33 bits per heavy atom. The van der Waals surface area contributed by atoms with Crippen LogP contribution in [0, 0.1) is 6.92 Å². The minimum absolute atomic E-state index is 0.141. The van der Waals surface area contributed by atoms with E-state index < -0.39 is 0 Å².